The summed E-state index contributed by atoms with van der Waals surface area (Å²) < 4.78 is 31.8. The summed E-state index contributed by atoms with van der Waals surface area (Å²) in [7, 11) is -3.62. The van der Waals surface area contributed by atoms with Crippen LogP contribution in [0.1, 0.15) is 12.8 Å². The van der Waals surface area contributed by atoms with Crippen molar-refractivity contribution in [3.05, 3.63) is 36.4 Å². The normalized spacial score (nSPS) is 24.7. The second kappa shape index (κ2) is 8.29. The lowest BCUT2D eigenvalue weighted by atomic mass is 9.85. The second-order valence-corrected chi connectivity index (χ2v) is 9.45. The van der Waals surface area contributed by atoms with E-state index in [-0.39, 0.29) is 35.1 Å². The molecular formula is C20H23N3O6S. The van der Waals surface area contributed by atoms with Crippen molar-refractivity contribution in [3.8, 4) is 0 Å². The van der Waals surface area contributed by atoms with Crippen molar-refractivity contribution in [2.45, 2.75) is 17.7 Å². The fourth-order valence-corrected chi connectivity index (χ4v) is 5.42. The van der Waals surface area contributed by atoms with Gasteiger partial charge in [-0.25, -0.2) is 8.42 Å². The Labute approximate surface area is 174 Å². The molecule has 2 aliphatic heterocycles. The Kier molecular flexibility index (Phi) is 5.72. The van der Waals surface area contributed by atoms with Gasteiger partial charge in [-0.1, -0.05) is 12.2 Å². The smallest absolute Gasteiger partial charge is 0.244 e. The van der Waals surface area contributed by atoms with Crippen LogP contribution in [0.5, 0.6) is 0 Å². The van der Waals surface area contributed by atoms with Crippen LogP contribution in [0.25, 0.3) is 0 Å². The molecule has 4 rings (SSSR count). The van der Waals surface area contributed by atoms with E-state index in [0.29, 0.717) is 44.8 Å². The minimum absolute atomic E-state index is 0.129. The molecule has 1 N–H and O–H groups in total. The Morgan fingerprint density at radius 2 is 1.57 bits per heavy atom. The molecule has 0 radical (unpaired) electrons. The van der Waals surface area contributed by atoms with E-state index in [1.807, 2.05) is 12.2 Å². The minimum Gasteiger partial charge on any atom is -0.379 e. The summed E-state index contributed by atoms with van der Waals surface area (Å²) in [6.07, 6.45) is 4.82. The number of nitrogens with one attached hydrogen (secondary N) is 1. The fraction of sp³-hybridized carbons (Fsp3) is 0.450. The van der Waals surface area contributed by atoms with Crippen LogP contribution in [0, 0.1) is 11.8 Å². The number of fused-ring (bicyclic) bond motifs is 1. The van der Waals surface area contributed by atoms with E-state index in [1.54, 1.807) is 0 Å². The average molecular weight is 433 g/mol. The first-order chi connectivity index (χ1) is 14.4. The molecule has 2 fully saturated rings. The molecule has 10 heteroatoms. The molecule has 3 amide bonds. The standard InChI is InChI=1S/C20H23N3O6S/c24-18(13-23-19(25)16-3-1-2-4-17(16)20(23)26)21-14-5-7-15(8-6-14)30(27,28)22-9-11-29-12-10-22/h1-2,5-8,16-17H,3-4,9-13H2,(H,21,24)/t16-,17+. The molecule has 0 bridgehead atoms. The van der Waals surface area contributed by atoms with Gasteiger partial charge in [0.1, 0.15) is 6.54 Å². The van der Waals surface area contributed by atoms with Gasteiger partial charge in [-0.2, -0.15) is 4.31 Å². The van der Waals surface area contributed by atoms with Gasteiger partial charge in [-0.15, -0.1) is 0 Å². The molecule has 2 heterocycles. The van der Waals surface area contributed by atoms with E-state index in [0.717, 1.165) is 4.90 Å². The summed E-state index contributed by atoms with van der Waals surface area (Å²) in [6, 6.07) is 5.82. The number of ether oxygens (including phenoxy) is 1. The molecular weight excluding hydrogens is 410 g/mol. The van der Waals surface area contributed by atoms with Crippen molar-refractivity contribution < 1.29 is 27.5 Å². The van der Waals surface area contributed by atoms with E-state index < -0.39 is 15.9 Å². The molecule has 9 nitrogen and oxygen atoms in total. The predicted octanol–water partition coefficient (Wildman–Crippen LogP) is 0.597. The van der Waals surface area contributed by atoms with Crippen molar-refractivity contribution in [3.63, 3.8) is 0 Å². The molecule has 0 spiro atoms. The van der Waals surface area contributed by atoms with Gasteiger partial charge < -0.3 is 10.1 Å². The van der Waals surface area contributed by atoms with E-state index in [9.17, 15) is 22.8 Å². The number of imide groups is 1. The Hall–Kier alpha value is -2.56. The Morgan fingerprint density at radius 1 is 1.00 bits per heavy atom. The monoisotopic (exact) mass is 433 g/mol. The molecule has 1 aromatic rings. The van der Waals surface area contributed by atoms with Gasteiger partial charge in [-0.05, 0) is 37.1 Å². The van der Waals surface area contributed by atoms with Crippen LogP contribution in [0.2, 0.25) is 0 Å². The van der Waals surface area contributed by atoms with Gasteiger partial charge in [0.15, 0.2) is 0 Å². The van der Waals surface area contributed by atoms with Crippen LogP contribution >= 0.6 is 0 Å². The topological polar surface area (TPSA) is 113 Å². The van der Waals surface area contributed by atoms with Crippen LogP contribution < -0.4 is 5.32 Å². The highest BCUT2D eigenvalue weighted by molar-refractivity contribution is 7.89. The number of benzene rings is 1. The number of allylic oxidation sites excluding steroid dienone is 2. The molecule has 30 heavy (non-hydrogen) atoms. The number of sulfonamides is 1. The van der Waals surface area contributed by atoms with Crippen LogP contribution in [0.4, 0.5) is 5.69 Å². The van der Waals surface area contributed by atoms with Gasteiger partial charge in [0, 0.05) is 18.8 Å². The zero-order valence-electron chi connectivity index (χ0n) is 16.3. The van der Waals surface area contributed by atoms with E-state index >= 15 is 0 Å². The molecule has 2 atom stereocenters. The van der Waals surface area contributed by atoms with Crippen LogP contribution in [0.3, 0.4) is 0 Å². The van der Waals surface area contributed by atoms with Crippen LogP contribution in [0.15, 0.2) is 41.3 Å². The number of hydrogen-bond acceptors (Lipinski definition) is 6. The molecule has 160 valence electrons. The van der Waals surface area contributed by atoms with Crippen molar-refractivity contribution >= 4 is 33.4 Å². The first-order valence-electron chi connectivity index (χ1n) is 9.86. The maximum absolute atomic E-state index is 12.6. The second-order valence-electron chi connectivity index (χ2n) is 7.51. The van der Waals surface area contributed by atoms with E-state index in [1.165, 1.54) is 28.6 Å². The summed E-state index contributed by atoms with van der Waals surface area (Å²) >= 11 is 0. The molecule has 2 saturated heterocycles. The third kappa shape index (κ3) is 3.90. The minimum atomic E-state index is -3.62. The number of likely N-dealkylation sites (tertiary alicyclic amines) is 1. The van der Waals surface area contributed by atoms with E-state index in [4.69, 9.17) is 4.74 Å². The predicted molar refractivity (Wildman–Crippen MR) is 107 cm³/mol. The Bertz CT molecular complexity index is 956. The number of carbonyl (C=O) groups is 3. The van der Waals surface area contributed by atoms with Crippen LogP contribution in [-0.2, 0) is 29.1 Å². The Balaban J connectivity index is 1.38. The number of rotatable bonds is 5. The summed E-state index contributed by atoms with van der Waals surface area (Å²) in [4.78, 5) is 38.4. The number of amides is 3. The van der Waals surface area contributed by atoms with Gasteiger partial charge >= 0.3 is 0 Å². The molecule has 0 aromatic heterocycles. The number of anilines is 1. The highest BCUT2D eigenvalue weighted by atomic mass is 32.2. The summed E-state index contributed by atoms with van der Waals surface area (Å²) in [5.41, 5.74) is 0.388. The maximum atomic E-state index is 12.6. The number of nitrogens with zero attached hydrogens (tertiary/aromatic N) is 2. The first-order valence-corrected chi connectivity index (χ1v) is 11.3. The SMILES string of the molecule is O=C(CN1C(=O)[C@H]2CC=CC[C@H]2C1=O)Nc1ccc(S(=O)(=O)N2CCOCC2)cc1. The van der Waals surface area contributed by atoms with Gasteiger partial charge in [0.05, 0.1) is 29.9 Å². The first kappa shape index (κ1) is 20.7. The average Bonchev–Trinajstić information content (AvgIpc) is 3.00. The van der Waals surface area contributed by atoms with Crippen LogP contribution in [-0.4, -0.2) is 68.2 Å². The lowest BCUT2D eigenvalue weighted by Gasteiger charge is -2.26. The van der Waals surface area contributed by atoms with Crippen molar-refractivity contribution in [1.82, 2.24) is 9.21 Å². The number of morpholine rings is 1. The third-order valence-electron chi connectivity index (χ3n) is 5.65. The van der Waals surface area contributed by atoms with Gasteiger partial charge in [0.25, 0.3) is 0 Å². The summed E-state index contributed by atoms with van der Waals surface area (Å²) in [5, 5.41) is 2.62. The van der Waals surface area contributed by atoms with Crippen molar-refractivity contribution in [2.24, 2.45) is 11.8 Å². The highest BCUT2D eigenvalue weighted by Crippen LogP contribution is 2.34. The maximum Gasteiger partial charge on any atom is 0.244 e. The zero-order valence-corrected chi connectivity index (χ0v) is 17.1. The molecule has 0 saturated carbocycles. The molecule has 3 aliphatic rings. The zero-order chi connectivity index (χ0) is 21.3. The summed E-state index contributed by atoms with van der Waals surface area (Å²) in [5.74, 6) is -1.88. The number of hydrogen-bond donors (Lipinski definition) is 1. The largest absolute Gasteiger partial charge is 0.379 e. The summed E-state index contributed by atoms with van der Waals surface area (Å²) in [6.45, 7) is 0.975. The lowest BCUT2D eigenvalue weighted by Crippen LogP contribution is -2.40. The lowest BCUT2D eigenvalue weighted by molar-refractivity contribution is -0.142. The number of carbonyl (C=O) groups excluding carboxylic acids is 3. The quantitative estimate of drug-likeness (QED) is 0.537. The molecule has 1 aliphatic carbocycles. The van der Waals surface area contributed by atoms with Crippen molar-refractivity contribution in [1.29, 1.82) is 0 Å². The molecule has 0 unspecified atom stereocenters. The van der Waals surface area contributed by atoms with E-state index in [2.05, 4.69) is 5.32 Å². The molecule has 1 aromatic carbocycles. The fourth-order valence-electron chi connectivity index (χ4n) is 4.02. The third-order valence-corrected chi connectivity index (χ3v) is 7.56. The highest BCUT2D eigenvalue weighted by Gasteiger charge is 2.47. The van der Waals surface area contributed by atoms with Gasteiger partial charge in [0.2, 0.25) is 27.7 Å². The van der Waals surface area contributed by atoms with Crippen molar-refractivity contribution in [2.75, 3.05) is 38.2 Å². The van der Waals surface area contributed by atoms with Gasteiger partial charge in [-0.3, -0.25) is 19.3 Å². The Morgan fingerprint density at radius 3 is 2.13 bits per heavy atom.